The van der Waals surface area contributed by atoms with E-state index in [1.165, 1.54) is 27.0 Å². The van der Waals surface area contributed by atoms with E-state index in [-0.39, 0.29) is 29.1 Å². The van der Waals surface area contributed by atoms with Crippen molar-refractivity contribution in [1.82, 2.24) is 18.9 Å². The van der Waals surface area contributed by atoms with Crippen LogP contribution >= 0.6 is 0 Å². The first-order chi connectivity index (χ1) is 15.0. The van der Waals surface area contributed by atoms with Gasteiger partial charge < -0.3 is 0 Å². The van der Waals surface area contributed by atoms with Gasteiger partial charge in [0.1, 0.15) is 0 Å². The lowest BCUT2D eigenvalue weighted by Crippen LogP contribution is -2.40. The minimum atomic E-state index is -3.85. The Morgan fingerprint density at radius 3 is 2.65 bits per heavy atom. The topological polar surface area (TPSA) is 111 Å². The van der Waals surface area contributed by atoms with Gasteiger partial charge in [-0.3, -0.25) is 9.89 Å². The molecule has 5 rings (SSSR count). The molecule has 1 aliphatic heterocycles. The molecule has 0 atom stereocenters. The Bertz CT molecular complexity index is 1510. The Morgan fingerprint density at radius 1 is 1.06 bits per heavy atom. The fraction of sp³-hybridized carbons (Fsp3) is 0.136. The molecular weight excluding hydrogens is 414 g/mol. The first kappa shape index (κ1) is 19.2. The van der Waals surface area contributed by atoms with Crippen LogP contribution in [0.4, 0.5) is 0 Å². The van der Waals surface area contributed by atoms with Gasteiger partial charge in [-0.1, -0.05) is 36.4 Å². The van der Waals surface area contributed by atoms with E-state index < -0.39 is 10.0 Å². The molecule has 0 unspecified atom stereocenters. The molecule has 1 N–H and O–H groups in total. The zero-order valence-electron chi connectivity index (χ0n) is 16.3. The number of fused-ring (bicyclic) bond motifs is 2. The zero-order valence-corrected chi connectivity index (χ0v) is 17.1. The van der Waals surface area contributed by atoms with Crippen LogP contribution in [0.1, 0.15) is 16.8 Å². The summed E-state index contributed by atoms with van der Waals surface area (Å²) in [6.45, 7) is 0.146. The van der Waals surface area contributed by atoms with Crippen molar-refractivity contribution in [3.8, 4) is 17.3 Å². The zero-order chi connectivity index (χ0) is 21.6. The molecule has 0 fully saturated rings. The monoisotopic (exact) mass is 431 g/mol. The number of benzene rings is 2. The van der Waals surface area contributed by atoms with Crippen molar-refractivity contribution in [3.63, 3.8) is 0 Å². The Balaban J connectivity index is 1.55. The van der Waals surface area contributed by atoms with Gasteiger partial charge >= 0.3 is 0 Å². The number of nitrogens with one attached hydrogen (secondary N) is 1. The van der Waals surface area contributed by atoms with Crippen LogP contribution in [-0.4, -0.2) is 33.9 Å². The SMILES string of the molecule is N#Cc1cccc(S(=O)(=O)N2CCc3nc4cc(-c5ccccc5)[nH]n4c(=O)c3C2)c1. The minimum Gasteiger partial charge on any atom is -0.289 e. The van der Waals surface area contributed by atoms with Crippen LogP contribution in [0.3, 0.4) is 0 Å². The summed E-state index contributed by atoms with van der Waals surface area (Å²) in [6, 6.07) is 19.2. The molecule has 154 valence electrons. The third-order valence-electron chi connectivity index (χ3n) is 5.41. The van der Waals surface area contributed by atoms with Crippen molar-refractivity contribution < 1.29 is 8.42 Å². The quantitative estimate of drug-likeness (QED) is 0.535. The van der Waals surface area contributed by atoms with Crippen molar-refractivity contribution >= 4 is 15.7 Å². The van der Waals surface area contributed by atoms with Gasteiger partial charge in [0.25, 0.3) is 5.56 Å². The molecule has 0 saturated carbocycles. The number of sulfonamides is 1. The van der Waals surface area contributed by atoms with Gasteiger partial charge in [-0.25, -0.2) is 17.9 Å². The van der Waals surface area contributed by atoms with E-state index in [0.717, 1.165) is 11.3 Å². The van der Waals surface area contributed by atoms with Crippen molar-refractivity contribution in [2.24, 2.45) is 0 Å². The molecule has 4 aromatic rings. The van der Waals surface area contributed by atoms with E-state index in [2.05, 4.69) is 10.1 Å². The fourth-order valence-electron chi connectivity index (χ4n) is 3.80. The standard InChI is InChI=1S/C22H17N5O3S/c23-13-15-5-4-8-17(11-15)31(29,30)26-10-9-19-18(14-26)22(28)27-21(24-19)12-20(25-27)16-6-2-1-3-7-16/h1-8,11-12,25H,9-10,14H2. The van der Waals surface area contributed by atoms with Crippen LogP contribution in [0.2, 0.25) is 0 Å². The molecule has 1 aliphatic rings. The van der Waals surface area contributed by atoms with Crippen molar-refractivity contribution in [3.05, 3.63) is 87.8 Å². The van der Waals surface area contributed by atoms with Gasteiger partial charge in [0, 0.05) is 25.6 Å². The average molecular weight is 431 g/mol. The number of hydrogen-bond acceptors (Lipinski definition) is 5. The van der Waals surface area contributed by atoms with Crippen LogP contribution in [0.5, 0.6) is 0 Å². The molecule has 8 nitrogen and oxygen atoms in total. The molecule has 0 amide bonds. The second kappa shape index (κ2) is 7.19. The fourth-order valence-corrected chi connectivity index (χ4v) is 5.26. The summed E-state index contributed by atoms with van der Waals surface area (Å²) in [5.41, 5.74) is 3.10. The van der Waals surface area contributed by atoms with E-state index in [1.807, 2.05) is 42.5 Å². The maximum absolute atomic E-state index is 13.2. The number of nitrogens with zero attached hydrogens (tertiary/aromatic N) is 4. The Hall–Kier alpha value is -3.74. The summed E-state index contributed by atoms with van der Waals surface area (Å²) in [4.78, 5) is 17.8. The second-order valence-corrected chi connectivity index (χ2v) is 9.24. The highest BCUT2D eigenvalue weighted by Crippen LogP contribution is 2.24. The average Bonchev–Trinajstić information content (AvgIpc) is 3.24. The molecule has 0 saturated heterocycles. The van der Waals surface area contributed by atoms with E-state index in [4.69, 9.17) is 5.26 Å². The molecule has 9 heteroatoms. The third kappa shape index (κ3) is 3.22. The third-order valence-corrected chi connectivity index (χ3v) is 7.25. The minimum absolute atomic E-state index is 0.0374. The summed E-state index contributed by atoms with van der Waals surface area (Å²) in [5, 5.41) is 12.1. The number of rotatable bonds is 3. The molecule has 3 heterocycles. The summed E-state index contributed by atoms with van der Waals surface area (Å²) in [6.07, 6.45) is 0.337. The van der Waals surface area contributed by atoms with Gasteiger partial charge in [0.2, 0.25) is 10.0 Å². The number of aromatic amines is 1. The maximum atomic E-state index is 13.2. The Morgan fingerprint density at radius 2 is 1.87 bits per heavy atom. The predicted molar refractivity (Wildman–Crippen MR) is 114 cm³/mol. The molecule has 2 aromatic carbocycles. The lowest BCUT2D eigenvalue weighted by Gasteiger charge is -2.27. The van der Waals surface area contributed by atoms with Gasteiger partial charge in [-0.05, 0) is 23.8 Å². The largest absolute Gasteiger partial charge is 0.289 e. The van der Waals surface area contributed by atoms with Crippen LogP contribution in [0.15, 0.2) is 70.4 Å². The van der Waals surface area contributed by atoms with Gasteiger partial charge in [0.15, 0.2) is 5.65 Å². The number of hydrogen-bond donors (Lipinski definition) is 1. The number of aromatic nitrogens is 3. The highest BCUT2D eigenvalue weighted by molar-refractivity contribution is 7.89. The summed E-state index contributed by atoms with van der Waals surface area (Å²) in [5.74, 6) is 0. The summed E-state index contributed by atoms with van der Waals surface area (Å²) < 4.78 is 28.8. The molecule has 31 heavy (non-hydrogen) atoms. The summed E-state index contributed by atoms with van der Waals surface area (Å²) >= 11 is 0. The van der Waals surface area contributed by atoms with Crippen LogP contribution in [0.25, 0.3) is 16.9 Å². The molecular formula is C22H17N5O3S. The van der Waals surface area contributed by atoms with Gasteiger partial charge in [-0.2, -0.15) is 9.57 Å². The maximum Gasteiger partial charge on any atom is 0.277 e. The molecule has 2 aromatic heterocycles. The number of nitriles is 1. The van der Waals surface area contributed by atoms with Crippen molar-refractivity contribution in [1.29, 1.82) is 5.26 Å². The molecule has 0 bridgehead atoms. The van der Waals surface area contributed by atoms with Crippen LogP contribution in [-0.2, 0) is 23.0 Å². The highest BCUT2D eigenvalue weighted by atomic mass is 32.2. The normalized spacial score (nSPS) is 14.3. The smallest absolute Gasteiger partial charge is 0.277 e. The van der Waals surface area contributed by atoms with E-state index in [9.17, 15) is 13.2 Å². The van der Waals surface area contributed by atoms with Crippen LogP contribution < -0.4 is 5.56 Å². The molecule has 0 radical (unpaired) electrons. The Kier molecular flexibility index (Phi) is 4.46. The van der Waals surface area contributed by atoms with Gasteiger partial charge in [-0.15, -0.1) is 0 Å². The highest BCUT2D eigenvalue weighted by Gasteiger charge is 2.31. The number of H-pyrrole nitrogens is 1. The van der Waals surface area contributed by atoms with Gasteiger partial charge in [0.05, 0.1) is 33.5 Å². The predicted octanol–water partition coefficient (Wildman–Crippen LogP) is 2.31. The second-order valence-electron chi connectivity index (χ2n) is 7.30. The van der Waals surface area contributed by atoms with E-state index >= 15 is 0 Å². The van der Waals surface area contributed by atoms with Crippen molar-refractivity contribution in [2.75, 3.05) is 6.54 Å². The van der Waals surface area contributed by atoms with E-state index in [0.29, 0.717) is 23.3 Å². The van der Waals surface area contributed by atoms with E-state index in [1.54, 1.807) is 6.07 Å². The Labute approximate surface area is 178 Å². The molecule has 0 spiro atoms. The first-order valence-corrected chi connectivity index (χ1v) is 11.1. The molecule has 0 aliphatic carbocycles. The lowest BCUT2D eigenvalue weighted by molar-refractivity contribution is 0.384. The van der Waals surface area contributed by atoms with Crippen molar-refractivity contribution in [2.45, 2.75) is 17.9 Å². The lowest BCUT2D eigenvalue weighted by atomic mass is 10.1. The first-order valence-electron chi connectivity index (χ1n) is 9.66. The van der Waals surface area contributed by atoms with Crippen LogP contribution in [0, 0.1) is 11.3 Å². The summed E-state index contributed by atoms with van der Waals surface area (Å²) in [7, 11) is -3.85.